The molecule has 2 rings (SSSR count). The molecule has 8 nitrogen and oxygen atoms in total. The average Bonchev–Trinajstić information content (AvgIpc) is 2.60. The first-order valence-electron chi connectivity index (χ1n) is 7.34. The summed E-state index contributed by atoms with van der Waals surface area (Å²) in [6.07, 6.45) is -0.522. The lowest BCUT2D eigenvalue weighted by Gasteiger charge is -2.31. The Morgan fingerprint density at radius 2 is 1.65 bits per heavy atom. The van der Waals surface area contributed by atoms with Crippen LogP contribution in [0.5, 0.6) is 0 Å². The van der Waals surface area contributed by atoms with Crippen LogP contribution in [0.25, 0.3) is 0 Å². The minimum atomic E-state index is -1.61. The second kappa shape index (κ2) is 7.06. The van der Waals surface area contributed by atoms with E-state index in [4.69, 9.17) is 15.6 Å². The van der Waals surface area contributed by atoms with Gasteiger partial charge in [0.05, 0.1) is 11.1 Å². The Morgan fingerprint density at radius 3 is 2.12 bits per heavy atom. The van der Waals surface area contributed by atoms with Crippen LogP contribution in [-0.2, 0) is 10.3 Å². The highest BCUT2D eigenvalue weighted by Gasteiger charge is 2.36. The molecule has 1 atom stereocenters. The molecule has 2 aromatic carbocycles. The van der Waals surface area contributed by atoms with Gasteiger partial charge >= 0.3 is 18.0 Å². The maximum absolute atomic E-state index is 11.6. The smallest absolute Gasteiger partial charge is 0.405 e. The number of carbonyl (C=O) groups is 4. The number of rotatable bonds is 6. The van der Waals surface area contributed by atoms with Crippen molar-refractivity contribution in [3.05, 3.63) is 70.3 Å². The van der Waals surface area contributed by atoms with Gasteiger partial charge < -0.3 is 20.7 Å². The van der Waals surface area contributed by atoms with E-state index in [2.05, 4.69) is 0 Å². The summed E-state index contributed by atoms with van der Waals surface area (Å²) in [5.74, 6) is -2.70. The topological polar surface area (TPSA) is 144 Å². The molecule has 26 heavy (non-hydrogen) atoms. The molecular formula is C18H15NO7. The summed E-state index contributed by atoms with van der Waals surface area (Å²) < 4.78 is 5.21. The Hall–Kier alpha value is -3.68. The molecule has 0 aliphatic heterocycles. The number of aldehydes is 1. The van der Waals surface area contributed by atoms with Crippen molar-refractivity contribution in [2.24, 2.45) is 5.73 Å². The largest absolute Gasteiger partial charge is 0.478 e. The fourth-order valence-corrected chi connectivity index (χ4v) is 2.62. The Bertz CT molecular complexity index is 889. The summed E-state index contributed by atoms with van der Waals surface area (Å²) >= 11 is 0. The summed E-state index contributed by atoms with van der Waals surface area (Å²) in [4.78, 5) is 45.0. The van der Waals surface area contributed by atoms with E-state index in [0.29, 0.717) is 17.4 Å². The molecule has 0 radical (unpaired) electrons. The van der Waals surface area contributed by atoms with E-state index >= 15 is 0 Å². The second-order valence-corrected chi connectivity index (χ2v) is 5.56. The van der Waals surface area contributed by atoms with Crippen molar-refractivity contribution >= 4 is 24.3 Å². The summed E-state index contributed by atoms with van der Waals surface area (Å²) in [6, 6.07) is 9.35. The lowest BCUT2D eigenvalue weighted by molar-refractivity contribution is 0.0544. The lowest BCUT2D eigenvalue weighted by Crippen LogP contribution is -2.34. The van der Waals surface area contributed by atoms with Crippen molar-refractivity contribution < 1.29 is 34.1 Å². The van der Waals surface area contributed by atoms with E-state index in [1.165, 1.54) is 43.3 Å². The molecule has 2 aromatic rings. The van der Waals surface area contributed by atoms with E-state index in [1.807, 2.05) is 0 Å². The third kappa shape index (κ3) is 3.54. The van der Waals surface area contributed by atoms with Crippen LogP contribution in [0, 0.1) is 0 Å². The number of benzene rings is 2. The number of hydrogen-bond acceptors (Lipinski definition) is 5. The predicted molar refractivity (Wildman–Crippen MR) is 89.3 cm³/mol. The monoisotopic (exact) mass is 357 g/mol. The average molecular weight is 357 g/mol. The fraction of sp³-hybridized carbons (Fsp3) is 0.111. The lowest BCUT2D eigenvalue weighted by atomic mass is 9.84. The fourth-order valence-electron chi connectivity index (χ4n) is 2.62. The van der Waals surface area contributed by atoms with Gasteiger partial charge in [-0.1, -0.05) is 30.3 Å². The zero-order chi connectivity index (χ0) is 19.5. The van der Waals surface area contributed by atoms with Crippen molar-refractivity contribution in [2.75, 3.05) is 0 Å². The SMILES string of the molecule is CC(OC(N)=O)(c1ccc(C=O)cc1)c1ccc(C(=O)O)cc1C(=O)O. The molecule has 0 aliphatic rings. The Balaban J connectivity index is 2.73. The number of aromatic carboxylic acids is 2. The van der Waals surface area contributed by atoms with Crippen LogP contribution in [0.1, 0.15) is 49.1 Å². The second-order valence-electron chi connectivity index (χ2n) is 5.56. The predicted octanol–water partition coefficient (Wildman–Crippen LogP) is 2.25. The first-order valence-corrected chi connectivity index (χ1v) is 7.34. The first-order chi connectivity index (χ1) is 12.2. The van der Waals surface area contributed by atoms with Gasteiger partial charge in [-0.25, -0.2) is 14.4 Å². The van der Waals surface area contributed by atoms with Gasteiger partial charge in [0.25, 0.3) is 0 Å². The molecule has 0 saturated carbocycles. The van der Waals surface area contributed by atoms with E-state index in [0.717, 1.165) is 6.07 Å². The molecule has 0 aliphatic carbocycles. The molecule has 0 heterocycles. The van der Waals surface area contributed by atoms with Gasteiger partial charge in [0.2, 0.25) is 0 Å². The summed E-state index contributed by atoms with van der Waals surface area (Å²) in [6.45, 7) is 1.43. The highest BCUT2D eigenvalue weighted by atomic mass is 16.6. The number of amides is 1. The molecule has 0 aromatic heterocycles. The Morgan fingerprint density at radius 1 is 1.04 bits per heavy atom. The van der Waals surface area contributed by atoms with Crippen molar-refractivity contribution in [1.82, 2.24) is 0 Å². The summed E-state index contributed by atoms with van der Waals surface area (Å²) in [5.41, 5.74) is 3.71. The van der Waals surface area contributed by atoms with Gasteiger partial charge in [-0.15, -0.1) is 0 Å². The number of hydrogen-bond donors (Lipinski definition) is 3. The zero-order valence-electron chi connectivity index (χ0n) is 13.6. The van der Waals surface area contributed by atoms with Gasteiger partial charge in [0, 0.05) is 11.1 Å². The standard InChI is InChI=1S/C18H15NO7/c1-18(26-17(19)25,12-5-2-10(9-20)3-6-12)14-7-4-11(15(21)22)8-13(14)16(23)24/h2-9H,1H3,(H2,19,25)(H,21,22)(H,23,24). The molecule has 0 spiro atoms. The minimum Gasteiger partial charge on any atom is -0.478 e. The first kappa shape index (κ1) is 18.7. The number of nitrogens with two attached hydrogens (primary N) is 1. The van der Waals surface area contributed by atoms with E-state index in [9.17, 15) is 24.3 Å². The quantitative estimate of drug-likeness (QED) is 0.672. The molecule has 134 valence electrons. The number of carboxylic acids is 2. The third-order valence-electron chi connectivity index (χ3n) is 3.91. The summed E-state index contributed by atoms with van der Waals surface area (Å²) in [7, 11) is 0. The normalized spacial score (nSPS) is 12.7. The molecule has 1 unspecified atom stereocenters. The molecule has 8 heteroatoms. The van der Waals surface area contributed by atoms with E-state index in [1.54, 1.807) is 0 Å². The zero-order valence-corrected chi connectivity index (χ0v) is 13.6. The molecule has 4 N–H and O–H groups in total. The molecule has 1 amide bonds. The Kier molecular flexibility index (Phi) is 5.06. The van der Waals surface area contributed by atoms with Crippen LogP contribution in [0.4, 0.5) is 4.79 Å². The Labute approximate surface area is 147 Å². The van der Waals surface area contributed by atoms with Crippen molar-refractivity contribution in [1.29, 1.82) is 0 Å². The van der Waals surface area contributed by atoms with Crippen LogP contribution in [-0.4, -0.2) is 34.5 Å². The van der Waals surface area contributed by atoms with Crippen molar-refractivity contribution in [3.63, 3.8) is 0 Å². The van der Waals surface area contributed by atoms with Gasteiger partial charge in [-0.2, -0.15) is 0 Å². The van der Waals surface area contributed by atoms with E-state index < -0.39 is 23.6 Å². The summed E-state index contributed by atoms with van der Waals surface area (Å²) in [5, 5.41) is 18.6. The van der Waals surface area contributed by atoms with Crippen LogP contribution < -0.4 is 5.73 Å². The molecule has 0 fully saturated rings. The van der Waals surface area contributed by atoms with Crippen LogP contribution >= 0.6 is 0 Å². The number of ether oxygens (including phenoxy) is 1. The van der Waals surface area contributed by atoms with Crippen LogP contribution in [0.15, 0.2) is 42.5 Å². The maximum Gasteiger partial charge on any atom is 0.405 e. The van der Waals surface area contributed by atoms with Gasteiger partial charge in [-0.05, 0) is 24.6 Å². The molecular weight excluding hydrogens is 342 g/mol. The minimum absolute atomic E-state index is 0.0349. The van der Waals surface area contributed by atoms with Crippen molar-refractivity contribution in [3.8, 4) is 0 Å². The number of carboxylic acid groups (broad SMARTS) is 2. The van der Waals surface area contributed by atoms with Crippen LogP contribution in [0.3, 0.4) is 0 Å². The third-order valence-corrected chi connectivity index (χ3v) is 3.91. The van der Waals surface area contributed by atoms with Gasteiger partial charge in [0.1, 0.15) is 6.29 Å². The number of carbonyl (C=O) groups excluding carboxylic acids is 2. The highest BCUT2D eigenvalue weighted by molar-refractivity contribution is 5.95. The van der Waals surface area contributed by atoms with Crippen LogP contribution in [0.2, 0.25) is 0 Å². The van der Waals surface area contributed by atoms with Gasteiger partial charge in [0.15, 0.2) is 5.60 Å². The number of primary amides is 1. The van der Waals surface area contributed by atoms with Crippen molar-refractivity contribution in [2.45, 2.75) is 12.5 Å². The molecule has 0 saturated heterocycles. The van der Waals surface area contributed by atoms with Gasteiger partial charge in [-0.3, -0.25) is 4.79 Å². The maximum atomic E-state index is 11.6. The highest BCUT2D eigenvalue weighted by Crippen LogP contribution is 2.36. The van der Waals surface area contributed by atoms with E-state index in [-0.39, 0.29) is 16.7 Å². The molecule has 0 bridgehead atoms.